The number of ether oxygens (including phenoxy) is 7. The summed E-state index contributed by atoms with van der Waals surface area (Å²) in [6.45, 7) is 16.3. The lowest BCUT2D eigenvalue weighted by molar-refractivity contribution is -0.153. The Morgan fingerprint density at radius 2 is 0.901 bits per heavy atom. The molecule has 7 aliphatic heterocycles. The predicted molar refractivity (Wildman–Crippen MR) is 383 cm³/mol. The molecule has 23 nitrogen and oxygen atoms in total. The van der Waals surface area contributed by atoms with E-state index in [0.29, 0.717) is 64.6 Å². The Morgan fingerprint density at radius 1 is 0.515 bits per heavy atom. The van der Waals surface area contributed by atoms with Crippen LogP contribution < -0.4 is 10.6 Å². The number of likely N-dealkylation sites (tertiary alicyclic amines) is 3. The normalized spacial score (nSPS) is 21.4. The number of hydrogen-bond donors (Lipinski definition) is 4. The fourth-order valence-corrected chi connectivity index (χ4v) is 15.1. The summed E-state index contributed by atoms with van der Waals surface area (Å²) in [7, 11) is 2.58. The van der Waals surface area contributed by atoms with E-state index in [0.717, 1.165) is 103 Å². The molecule has 1 aliphatic carbocycles. The number of alkyl carbamates (subject to hydrolysis) is 2. The van der Waals surface area contributed by atoms with Crippen molar-refractivity contribution in [3.05, 3.63) is 145 Å². The van der Waals surface area contributed by atoms with Crippen LogP contribution in [-0.4, -0.2) is 178 Å². The van der Waals surface area contributed by atoms with Crippen molar-refractivity contribution in [3.63, 3.8) is 0 Å². The first kappa shape index (κ1) is 70.2. The third-order valence-electron chi connectivity index (χ3n) is 20.5. The summed E-state index contributed by atoms with van der Waals surface area (Å²) in [6.07, 6.45) is 14.9. The summed E-state index contributed by atoms with van der Waals surface area (Å²) < 4.78 is 39.4. The number of aromatic nitrogens is 4. The molecule has 4 N–H and O–H groups in total. The Bertz CT molecular complexity index is 4110. The van der Waals surface area contributed by atoms with E-state index in [4.69, 9.17) is 43.1 Å². The van der Waals surface area contributed by atoms with Gasteiger partial charge in [0, 0.05) is 62.0 Å². The topological polar surface area (TPSA) is 266 Å². The van der Waals surface area contributed by atoms with Crippen LogP contribution in [0.15, 0.2) is 132 Å². The van der Waals surface area contributed by atoms with Crippen molar-refractivity contribution in [2.24, 2.45) is 21.8 Å². The third kappa shape index (κ3) is 15.5. The molecule has 101 heavy (non-hydrogen) atoms. The van der Waals surface area contributed by atoms with Crippen LogP contribution in [0.5, 0.6) is 0 Å². The van der Waals surface area contributed by atoms with Gasteiger partial charge >= 0.3 is 18.3 Å². The standard InChI is InChI=1S/C41H50N6O7.C37H43N5O5/c1-25(2)35(45-38(49)51-6)37(48)47-24-41(52-18-19-53-41)21-34(47)31-20-30(22-42-31)28-11-9-26(10-12-28)27-13-15-29(16-14-27)32-23-43-36(44-32)33-8-7-17-46(33)39(50)54-40(3,4)5;1-23(2)33(41-36(44)45-3)35(43)42-22-37(46-16-17-47-37)19-32(42)30-18-29(20-38-30)26-10-8-24(9-11-26)25-12-14-27(15-13-25)31-21-39-34(40-31)28-6-4-5-7-28/h9-16,22-23,25,33-35H,7-8,17-21,24H2,1-6H3,(H,43,44)(H,45,49);8-15,20-21,23,28,32-33H,4-7,16-19,22H2,1-3H3,(H,39,40)(H,41,44)/t33-,34-,35-;32-,33-/m00/s1. The van der Waals surface area contributed by atoms with Gasteiger partial charge in [-0.1, -0.05) is 138 Å². The van der Waals surface area contributed by atoms with Crippen molar-refractivity contribution in [2.75, 3.05) is 60.3 Å². The Hall–Kier alpha value is -9.29. The molecule has 8 aliphatic rings. The highest BCUT2D eigenvalue weighted by Crippen LogP contribution is 2.43. The second kappa shape index (κ2) is 29.7. The number of aromatic amines is 2. The average Bonchev–Trinajstić information content (AvgIpc) is 1.60. The van der Waals surface area contributed by atoms with E-state index in [-0.39, 0.29) is 61.0 Å². The molecule has 1 saturated carbocycles. The maximum atomic E-state index is 13.9. The first-order valence-corrected chi connectivity index (χ1v) is 35.5. The van der Waals surface area contributed by atoms with E-state index in [9.17, 15) is 24.0 Å². The second-order valence-electron chi connectivity index (χ2n) is 29.2. The molecule has 9 heterocycles. The average molecular weight is 1380 g/mol. The Morgan fingerprint density at radius 3 is 1.30 bits per heavy atom. The van der Waals surface area contributed by atoms with Crippen LogP contribution in [-0.2, 0) is 42.7 Å². The van der Waals surface area contributed by atoms with Gasteiger partial charge in [-0.05, 0) is 114 Å². The second-order valence-corrected chi connectivity index (χ2v) is 29.2. The van der Waals surface area contributed by atoms with Gasteiger partial charge in [0.2, 0.25) is 11.8 Å². The first-order chi connectivity index (χ1) is 48.6. The molecule has 532 valence electrons. The number of amides is 5. The number of imidazole rings is 2. The fourth-order valence-electron chi connectivity index (χ4n) is 15.1. The van der Waals surface area contributed by atoms with E-state index >= 15 is 0 Å². The number of carbonyl (C=O) groups is 5. The molecule has 23 heteroatoms. The molecule has 5 saturated heterocycles. The molecule has 2 aromatic heterocycles. The Labute approximate surface area is 589 Å². The van der Waals surface area contributed by atoms with E-state index in [1.807, 2.05) is 73.3 Å². The lowest BCUT2D eigenvalue weighted by atomic mass is 9.95. The minimum absolute atomic E-state index is 0.137. The predicted octanol–water partition coefficient (Wildman–Crippen LogP) is 13.0. The molecule has 5 amide bonds. The number of nitrogens with zero attached hydrogens (tertiary/aromatic N) is 7. The molecule has 4 aromatic carbocycles. The maximum Gasteiger partial charge on any atom is 0.410 e. The van der Waals surface area contributed by atoms with Crippen molar-refractivity contribution in [3.8, 4) is 44.8 Å². The first-order valence-electron chi connectivity index (χ1n) is 35.5. The van der Waals surface area contributed by atoms with E-state index < -0.39 is 41.4 Å². The van der Waals surface area contributed by atoms with Gasteiger partial charge in [-0.3, -0.25) is 24.5 Å². The zero-order chi connectivity index (χ0) is 70.7. The molecule has 6 aromatic rings. The van der Waals surface area contributed by atoms with Gasteiger partial charge in [-0.2, -0.15) is 0 Å². The van der Waals surface area contributed by atoms with Crippen LogP contribution in [0.4, 0.5) is 14.4 Å². The molecule has 0 radical (unpaired) electrons. The molecule has 14 rings (SSSR count). The summed E-state index contributed by atoms with van der Waals surface area (Å²) in [6, 6.07) is 31.6. The number of nitrogens with one attached hydrogen (secondary N) is 4. The quantitative estimate of drug-likeness (QED) is 0.0657. The van der Waals surface area contributed by atoms with E-state index in [1.165, 1.54) is 39.9 Å². The summed E-state index contributed by atoms with van der Waals surface area (Å²) in [5.41, 5.74) is 14.0. The Balaban J connectivity index is 0.000000182. The number of carbonyl (C=O) groups excluding carboxylic acids is 5. The minimum atomic E-state index is -0.881. The van der Waals surface area contributed by atoms with Gasteiger partial charge in [0.1, 0.15) is 29.3 Å². The van der Waals surface area contributed by atoms with Gasteiger partial charge in [0.15, 0.2) is 11.6 Å². The van der Waals surface area contributed by atoms with Crippen LogP contribution in [0.25, 0.3) is 55.9 Å². The third-order valence-corrected chi connectivity index (χ3v) is 20.5. The van der Waals surface area contributed by atoms with E-state index in [2.05, 4.69) is 128 Å². The number of aliphatic imine (C=N–C) groups is 2. The smallest absolute Gasteiger partial charge is 0.410 e. The van der Waals surface area contributed by atoms with Crippen molar-refractivity contribution in [1.29, 1.82) is 0 Å². The highest BCUT2D eigenvalue weighted by molar-refractivity contribution is 6.05. The largest absolute Gasteiger partial charge is 0.453 e. The van der Waals surface area contributed by atoms with Gasteiger partial charge in [-0.15, -0.1) is 0 Å². The summed E-state index contributed by atoms with van der Waals surface area (Å²) in [5, 5.41) is 5.43. The highest BCUT2D eigenvalue weighted by atomic mass is 16.7. The number of allylic oxidation sites excluding steroid dienone is 2. The van der Waals surface area contributed by atoms with Crippen LogP contribution in [0.3, 0.4) is 0 Å². The van der Waals surface area contributed by atoms with E-state index in [1.54, 1.807) is 14.7 Å². The molecule has 0 bridgehead atoms. The van der Waals surface area contributed by atoms with Crippen molar-refractivity contribution in [2.45, 2.75) is 166 Å². The number of H-pyrrole nitrogens is 2. The Kier molecular flexibility index (Phi) is 20.6. The van der Waals surface area contributed by atoms with Crippen LogP contribution in [0.1, 0.15) is 147 Å². The van der Waals surface area contributed by atoms with Crippen molar-refractivity contribution < 1.29 is 57.1 Å². The zero-order valence-corrected chi connectivity index (χ0v) is 59.2. The number of hydrogen-bond acceptors (Lipinski definition) is 16. The van der Waals surface area contributed by atoms with Crippen molar-refractivity contribution in [1.82, 2.24) is 45.3 Å². The minimum Gasteiger partial charge on any atom is -0.453 e. The molecular weight excluding hydrogens is 1280 g/mol. The van der Waals surface area contributed by atoms with Gasteiger partial charge in [0.05, 0.1) is 95.6 Å². The zero-order valence-electron chi connectivity index (χ0n) is 59.2. The molecule has 5 atom stereocenters. The van der Waals surface area contributed by atoms with Crippen LogP contribution in [0, 0.1) is 11.8 Å². The van der Waals surface area contributed by atoms with Crippen LogP contribution >= 0.6 is 0 Å². The van der Waals surface area contributed by atoms with Crippen LogP contribution in [0.2, 0.25) is 0 Å². The van der Waals surface area contributed by atoms with Gasteiger partial charge < -0.3 is 63.6 Å². The summed E-state index contributed by atoms with van der Waals surface area (Å²) in [5.74, 6) is 0.00649. The van der Waals surface area contributed by atoms with Gasteiger partial charge in [-0.25, -0.2) is 24.4 Å². The number of rotatable bonds is 16. The highest BCUT2D eigenvalue weighted by Gasteiger charge is 2.55. The maximum absolute atomic E-state index is 13.9. The molecule has 0 unspecified atom stereocenters. The molecular formula is C78H93N11O12. The molecule has 2 spiro atoms. The SMILES string of the molecule is COC(=O)N[C@H](C(=O)N1CC2(C[C@H]1C1=NC=C(c3ccc(-c4ccc(-c5cnc(C6CCCC6)[nH]5)cc4)cc3)C1)OCCO2)C(C)C.COC(=O)N[C@H](C(=O)N1CC2(C[C@H]1C1=NC=C(c3ccc(-c4ccc(-c5cnc([C@@H]6CCCN6C(=O)OC(C)(C)C)[nH]5)cc4)cc3)C1)OCCO2)C(C)C. The fraction of sp³-hybridized carbons (Fsp3) is 0.474. The lowest BCUT2D eigenvalue weighted by Crippen LogP contribution is -2.54. The van der Waals surface area contributed by atoms with Crippen molar-refractivity contribution >= 4 is 52.7 Å². The number of methoxy groups -OCH3 is 2. The summed E-state index contributed by atoms with van der Waals surface area (Å²) >= 11 is 0. The number of benzene rings is 4. The van der Waals surface area contributed by atoms with Gasteiger partial charge in [0.25, 0.3) is 0 Å². The monoisotopic (exact) mass is 1380 g/mol. The summed E-state index contributed by atoms with van der Waals surface area (Å²) in [4.78, 5) is 96.1. The lowest BCUT2D eigenvalue weighted by Gasteiger charge is -2.31. The molecule has 6 fully saturated rings.